The minimum absolute atomic E-state index is 0.0463. The first kappa shape index (κ1) is 23.1. The first-order valence-corrected chi connectivity index (χ1v) is 10.5. The molecule has 2 aromatic carbocycles. The van der Waals surface area contributed by atoms with Crippen LogP contribution in [0.15, 0.2) is 59.6 Å². The lowest BCUT2D eigenvalue weighted by atomic mass is 10.2. The second-order valence-corrected chi connectivity index (χ2v) is 8.32. The van der Waals surface area contributed by atoms with E-state index in [-0.39, 0.29) is 32.7 Å². The highest BCUT2D eigenvalue weighted by atomic mass is 35.5. The van der Waals surface area contributed by atoms with Crippen molar-refractivity contribution < 1.29 is 14.0 Å². The quantitative estimate of drug-likeness (QED) is 0.450. The summed E-state index contributed by atoms with van der Waals surface area (Å²) in [5.41, 5.74) is 6.93. The third kappa shape index (κ3) is 5.55. The van der Waals surface area contributed by atoms with Crippen LogP contribution in [0.5, 0.6) is 0 Å². The number of hydrogen-bond donors (Lipinski definition) is 3. The number of nitrogen functional groups attached to an aromatic ring is 1. The molecular weight excluding hydrogens is 453 g/mol. The molecule has 0 aliphatic rings. The molecule has 1 aromatic heterocycles. The van der Waals surface area contributed by atoms with Crippen LogP contribution >= 0.6 is 23.4 Å². The standard InChI is InChI=1S/C22H17ClFN5O2S/c1-12(20(30)28-18-8-7-14(24)10-17(18)23)32-22-13(11-25)9-16(19(26)29-22)21(31)27-15-5-3-2-4-6-15/h2-10,12H,1H3,(H2,26,29)(H,27,31)(H,28,30). The van der Waals surface area contributed by atoms with Crippen LogP contribution in [0.3, 0.4) is 0 Å². The van der Waals surface area contributed by atoms with Gasteiger partial charge >= 0.3 is 0 Å². The van der Waals surface area contributed by atoms with Crippen LogP contribution in [-0.4, -0.2) is 22.0 Å². The number of thioether (sulfide) groups is 1. The van der Waals surface area contributed by atoms with E-state index in [0.29, 0.717) is 5.69 Å². The highest BCUT2D eigenvalue weighted by Gasteiger charge is 2.21. The van der Waals surface area contributed by atoms with Gasteiger partial charge < -0.3 is 16.4 Å². The van der Waals surface area contributed by atoms with Gasteiger partial charge in [-0.3, -0.25) is 9.59 Å². The van der Waals surface area contributed by atoms with Crippen LogP contribution in [0.25, 0.3) is 0 Å². The molecule has 1 atom stereocenters. The van der Waals surface area contributed by atoms with Crippen LogP contribution < -0.4 is 16.4 Å². The number of carbonyl (C=O) groups excluding carboxylic acids is 2. The summed E-state index contributed by atoms with van der Waals surface area (Å²) in [4.78, 5) is 29.2. The van der Waals surface area contributed by atoms with Crippen LogP contribution in [0, 0.1) is 17.1 Å². The molecule has 2 amide bonds. The van der Waals surface area contributed by atoms with Crippen molar-refractivity contribution in [3.8, 4) is 6.07 Å². The van der Waals surface area contributed by atoms with Crippen molar-refractivity contribution in [2.75, 3.05) is 16.4 Å². The molecule has 0 aliphatic heterocycles. The number of anilines is 3. The molecule has 10 heteroatoms. The van der Waals surface area contributed by atoms with Gasteiger partial charge in [0.15, 0.2) is 0 Å². The zero-order valence-electron chi connectivity index (χ0n) is 16.7. The fraction of sp³-hybridized carbons (Fsp3) is 0.0909. The summed E-state index contributed by atoms with van der Waals surface area (Å²) in [7, 11) is 0. The summed E-state index contributed by atoms with van der Waals surface area (Å²) in [6.07, 6.45) is 0. The second-order valence-electron chi connectivity index (χ2n) is 6.58. The van der Waals surface area contributed by atoms with Gasteiger partial charge in [-0.1, -0.05) is 41.6 Å². The van der Waals surface area contributed by atoms with Gasteiger partial charge in [0.25, 0.3) is 5.91 Å². The Morgan fingerprint density at radius 3 is 2.56 bits per heavy atom. The number of aromatic nitrogens is 1. The van der Waals surface area contributed by atoms with Crippen LogP contribution in [0.4, 0.5) is 21.6 Å². The summed E-state index contributed by atoms with van der Waals surface area (Å²) in [5.74, 6) is -1.54. The van der Waals surface area contributed by atoms with Gasteiger partial charge in [-0.25, -0.2) is 9.37 Å². The Hall–Kier alpha value is -3.61. The molecule has 0 aliphatic carbocycles. The number of amides is 2. The summed E-state index contributed by atoms with van der Waals surface area (Å²) in [5, 5.41) is 14.4. The van der Waals surface area contributed by atoms with E-state index in [0.717, 1.165) is 17.8 Å². The molecule has 0 spiro atoms. The Bertz CT molecular complexity index is 1220. The molecule has 7 nitrogen and oxygen atoms in total. The summed E-state index contributed by atoms with van der Waals surface area (Å²) < 4.78 is 13.2. The Labute approximate surface area is 192 Å². The van der Waals surface area contributed by atoms with Crippen molar-refractivity contribution >= 4 is 52.4 Å². The van der Waals surface area contributed by atoms with Crippen LogP contribution in [-0.2, 0) is 4.79 Å². The molecule has 1 unspecified atom stereocenters. The average molecular weight is 470 g/mol. The highest BCUT2D eigenvalue weighted by Crippen LogP contribution is 2.30. The van der Waals surface area contributed by atoms with Crippen molar-refractivity contribution in [2.45, 2.75) is 17.2 Å². The number of nitriles is 1. The second kappa shape index (κ2) is 10.1. The molecule has 0 fully saturated rings. The predicted octanol–water partition coefficient (Wildman–Crippen LogP) is 4.70. The lowest BCUT2D eigenvalue weighted by Gasteiger charge is -2.14. The Morgan fingerprint density at radius 2 is 1.91 bits per heavy atom. The van der Waals surface area contributed by atoms with Crippen LogP contribution in [0.1, 0.15) is 22.8 Å². The first-order chi connectivity index (χ1) is 15.3. The van der Waals surface area contributed by atoms with Crippen molar-refractivity contribution in [1.82, 2.24) is 4.98 Å². The van der Waals surface area contributed by atoms with E-state index in [1.54, 1.807) is 31.2 Å². The molecule has 0 radical (unpaired) electrons. The van der Waals surface area contributed by atoms with Gasteiger partial charge in [0.1, 0.15) is 22.7 Å². The molecule has 4 N–H and O–H groups in total. The third-order valence-electron chi connectivity index (χ3n) is 4.26. The number of halogens is 2. The molecule has 1 heterocycles. The minimum Gasteiger partial charge on any atom is -0.383 e. The zero-order valence-corrected chi connectivity index (χ0v) is 18.3. The minimum atomic E-state index is -0.695. The number of pyridine rings is 1. The number of carbonyl (C=O) groups is 2. The van der Waals surface area contributed by atoms with Gasteiger partial charge in [-0.15, -0.1) is 0 Å². The summed E-state index contributed by atoms with van der Waals surface area (Å²) >= 11 is 6.94. The molecule has 0 saturated carbocycles. The lowest BCUT2D eigenvalue weighted by Crippen LogP contribution is -2.23. The van der Waals surface area contributed by atoms with Gasteiger partial charge in [-0.2, -0.15) is 5.26 Å². The summed E-state index contributed by atoms with van der Waals surface area (Å²) in [6.45, 7) is 1.60. The Morgan fingerprint density at radius 1 is 1.19 bits per heavy atom. The maximum Gasteiger partial charge on any atom is 0.259 e. The van der Waals surface area contributed by atoms with Crippen molar-refractivity contribution in [1.29, 1.82) is 5.26 Å². The monoisotopic (exact) mass is 469 g/mol. The van der Waals surface area contributed by atoms with Crippen molar-refractivity contribution in [2.24, 2.45) is 0 Å². The SMILES string of the molecule is CC(Sc1nc(N)c(C(=O)Nc2ccccc2)cc1C#N)C(=O)Nc1ccc(F)cc1Cl. The number of nitrogens with two attached hydrogens (primary N) is 1. The normalized spacial score (nSPS) is 11.3. The van der Waals surface area contributed by atoms with E-state index in [1.807, 2.05) is 12.1 Å². The zero-order chi connectivity index (χ0) is 23.3. The first-order valence-electron chi connectivity index (χ1n) is 9.28. The summed E-state index contributed by atoms with van der Waals surface area (Å²) in [6, 6.07) is 15.7. The average Bonchev–Trinajstić information content (AvgIpc) is 2.76. The maximum absolute atomic E-state index is 13.2. The van der Waals surface area contributed by atoms with Crippen molar-refractivity contribution in [3.05, 3.63) is 76.6 Å². The molecule has 162 valence electrons. The molecule has 0 saturated heterocycles. The van der Waals surface area contributed by atoms with E-state index >= 15 is 0 Å². The third-order valence-corrected chi connectivity index (χ3v) is 5.68. The van der Waals surface area contributed by atoms with E-state index in [2.05, 4.69) is 15.6 Å². The molecule has 0 bridgehead atoms. The fourth-order valence-corrected chi connectivity index (χ4v) is 3.73. The number of benzene rings is 2. The number of para-hydroxylation sites is 1. The van der Waals surface area contributed by atoms with Gasteiger partial charge in [0.05, 0.1) is 27.1 Å². The number of rotatable bonds is 6. The van der Waals surface area contributed by atoms with E-state index < -0.39 is 22.9 Å². The van der Waals surface area contributed by atoms with E-state index in [4.69, 9.17) is 17.3 Å². The van der Waals surface area contributed by atoms with E-state index in [9.17, 15) is 19.2 Å². The van der Waals surface area contributed by atoms with Gasteiger partial charge in [0.2, 0.25) is 5.91 Å². The lowest BCUT2D eigenvalue weighted by molar-refractivity contribution is -0.115. The predicted molar refractivity (Wildman–Crippen MR) is 123 cm³/mol. The fourth-order valence-electron chi connectivity index (χ4n) is 2.63. The Balaban J connectivity index is 1.76. The number of hydrogen-bond acceptors (Lipinski definition) is 6. The largest absolute Gasteiger partial charge is 0.383 e. The maximum atomic E-state index is 13.2. The molecular formula is C22H17ClFN5O2S. The molecule has 3 rings (SSSR count). The topological polar surface area (TPSA) is 121 Å². The van der Waals surface area contributed by atoms with Crippen molar-refractivity contribution in [3.63, 3.8) is 0 Å². The van der Waals surface area contributed by atoms with E-state index in [1.165, 1.54) is 18.2 Å². The number of nitrogens with zero attached hydrogens (tertiary/aromatic N) is 2. The van der Waals surface area contributed by atoms with Crippen LogP contribution in [0.2, 0.25) is 5.02 Å². The smallest absolute Gasteiger partial charge is 0.259 e. The van der Waals surface area contributed by atoms with Gasteiger partial charge in [-0.05, 0) is 43.3 Å². The Kier molecular flexibility index (Phi) is 7.30. The molecule has 32 heavy (non-hydrogen) atoms. The molecule has 3 aromatic rings. The number of nitrogens with one attached hydrogen (secondary N) is 2. The van der Waals surface area contributed by atoms with Gasteiger partial charge in [0, 0.05) is 5.69 Å². The highest BCUT2D eigenvalue weighted by molar-refractivity contribution is 8.00.